The van der Waals surface area contributed by atoms with Crippen LogP contribution in [0.5, 0.6) is 5.75 Å². The first-order valence-corrected chi connectivity index (χ1v) is 6.50. The number of carbonyl (C=O) groups is 2. The number of ether oxygens (including phenoxy) is 1. The molecule has 3 heteroatoms. The van der Waals surface area contributed by atoms with Gasteiger partial charge in [0.15, 0.2) is 5.78 Å². The monoisotopic (exact) mass is 246 g/mol. The lowest BCUT2D eigenvalue weighted by Gasteiger charge is -2.20. The molecule has 1 aliphatic carbocycles. The molecule has 96 valence electrons. The van der Waals surface area contributed by atoms with Crippen molar-refractivity contribution in [3.05, 3.63) is 29.8 Å². The van der Waals surface area contributed by atoms with Gasteiger partial charge in [-0.2, -0.15) is 0 Å². The third-order valence-electron chi connectivity index (χ3n) is 3.31. The fraction of sp³-hybridized carbons (Fsp3) is 0.467. The van der Waals surface area contributed by atoms with E-state index in [0.717, 1.165) is 12.8 Å². The quantitative estimate of drug-likeness (QED) is 0.767. The summed E-state index contributed by atoms with van der Waals surface area (Å²) in [5.74, 6) is 0.719. The maximum atomic E-state index is 12.4. The van der Waals surface area contributed by atoms with E-state index < -0.39 is 0 Å². The van der Waals surface area contributed by atoms with Crippen molar-refractivity contribution in [2.45, 2.75) is 32.6 Å². The second-order valence-corrected chi connectivity index (χ2v) is 4.63. The molecule has 1 saturated carbocycles. The maximum Gasteiger partial charge on any atom is 0.170 e. The Hall–Kier alpha value is -1.64. The first-order valence-electron chi connectivity index (χ1n) is 6.50. The van der Waals surface area contributed by atoms with Gasteiger partial charge in [-0.05, 0) is 31.9 Å². The second kappa shape index (κ2) is 5.80. The van der Waals surface area contributed by atoms with Gasteiger partial charge in [-0.25, -0.2) is 0 Å². The molecule has 0 saturated heterocycles. The molecule has 0 N–H and O–H groups in total. The average molecular weight is 246 g/mol. The summed E-state index contributed by atoms with van der Waals surface area (Å²) in [7, 11) is 0. The molecule has 0 aliphatic heterocycles. The topological polar surface area (TPSA) is 43.4 Å². The molecule has 0 heterocycles. The number of rotatable bonds is 4. The molecule has 0 amide bonds. The number of benzene rings is 1. The highest BCUT2D eigenvalue weighted by Gasteiger charge is 2.28. The molecule has 1 fully saturated rings. The van der Waals surface area contributed by atoms with Gasteiger partial charge in [-0.3, -0.25) is 9.59 Å². The summed E-state index contributed by atoms with van der Waals surface area (Å²) in [5, 5.41) is 0. The van der Waals surface area contributed by atoms with Crippen LogP contribution in [0.1, 0.15) is 43.0 Å². The van der Waals surface area contributed by atoms with E-state index in [2.05, 4.69) is 0 Å². The van der Waals surface area contributed by atoms with Crippen molar-refractivity contribution in [1.29, 1.82) is 0 Å². The highest BCUT2D eigenvalue weighted by molar-refractivity contribution is 6.02. The van der Waals surface area contributed by atoms with E-state index in [1.807, 2.05) is 19.1 Å². The van der Waals surface area contributed by atoms with Crippen molar-refractivity contribution in [2.24, 2.45) is 5.92 Å². The van der Waals surface area contributed by atoms with Crippen molar-refractivity contribution in [3.63, 3.8) is 0 Å². The van der Waals surface area contributed by atoms with Crippen LogP contribution < -0.4 is 4.74 Å². The molecular weight excluding hydrogens is 228 g/mol. The Labute approximate surface area is 107 Å². The lowest BCUT2D eigenvalue weighted by atomic mass is 9.83. The zero-order valence-electron chi connectivity index (χ0n) is 10.6. The smallest absolute Gasteiger partial charge is 0.170 e. The Morgan fingerprint density at radius 2 is 2.17 bits per heavy atom. The third kappa shape index (κ3) is 2.78. The molecule has 1 unspecified atom stereocenters. The van der Waals surface area contributed by atoms with Gasteiger partial charge >= 0.3 is 0 Å². The predicted octanol–water partition coefficient (Wildman–Crippen LogP) is 3.03. The van der Waals surface area contributed by atoms with Gasteiger partial charge in [-0.1, -0.05) is 12.1 Å². The maximum absolute atomic E-state index is 12.4. The molecule has 1 aliphatic rings. The molecule has 2 rings (SSSR count). The molecule has 0 radical (unpaired) electrons. The summed E-state index contributed by atoms with van der Waals surface area (Å²) >= 11 is 0. The molecule has 1 atom stereocenters. The van der Waals surface area contributed by atoms with Crippen LogP contribution in [0.15, 0.2) is 24.3 Å². The van der Waals surface area contributed by atoms with Crippen LogP contribution in [0, 0.1) is 5.92 Å². The lowest BCUT2D eigenvalue weighted by molar-refractivity contribution is -0.121. The molecule has 1 aromatic rings. The van der Waals surface area contributed by atoms with E-state index in [-0.39, 0.29) is 17.5 Å². The molecule has 1 aromatic carbocycles. The predicted molar refractivity (Wildman–Crippen MR) is 68.9 cm³/mol. The highest BCUT2D eigenvalue weighted by atomic mass is 16.5. The molecular formula is C15H18O3. The molecule has 0 spiro atoms. The van der Waals surface area contributed by atoms with E-state index in [0.29, 0.717) is 30.8 Å². The number of Topliss-reactive ketones (excluding diaryl/α,β-unsaturated/α-hetero) is 2. The van der Waals surface area contributed by atoms with Crippen LogP contribution in [-0.4, -0.2) is 18.2 Å². The SMILES string of the molecule is CCOc1ccccc1C(=O)C1CCCC(=O)C1. The summed E-state index contributed by atoms with van der Waals surface area (Å²) in [4.78, 5) is 23.8. The van der Waals surface area contributed by atoms with Gasteiger partial charge in [0, 0.05) is 18.8 Å². The Morgan fingerprint density at radius 1 is 1.39 bits per heavy atom. The summed E-state index contributed by atoms with van der Waals surface area (Å²) in [6, 6.07) is 7.28. The van der Waals surface area contributed by atoms with Crippen LogP contribution in [0.4, 0.5) is 0 Å². The Morgan fingerprint density at radius 3 is 2.89 bits per heavy atom. The van der Waals surface area contributed by atoms with Crippen molar-refractivity contribution in [2.75, 3.05) is 6.61 Å². The van der Waals surface area contributed by atoms with E-state index >= 15 is 0 Å². The van der Waals surface area contributed by atoms with Crippen LogP contribution in [-0.2, 0) is 4.79 Å². The summed E-state index contributed by atoms with van der Waals surface area (Å²) in [6.45, 7) is 2.43. The summed E-state index contributed by atoms with van der Waals surface area (Å²) in [6.07, 6.45) is 2.65. The van der Waals surface area contributed by atoms with Crippen molar-refractivity contribution in [3.8, 4) is 5.75 Å². The fourth-order valence-corrected chi connectivity index (χ4v) is 2.42. The van der Waals surface area contributed by atoms with Crippen molar-refractivity contribution < 1.29 is 14.3 Å². The van der Waals surface area contributed by atoms with Gasteiger partial charge < -0.3 is 4.74 Å². The normalized spacial score (nSPS) is 19.6. The van der Waals surface area contributed by atoms with E-state index in [9.17, 15) is 9.59 Å². The molecule has 18 heavy (non-hydrogen) atoms. The van der Waals surface area contributed by atoms with Gasteiger partial charge in [0.1, 0.15) is 11.5 Å². The fourth-order valence-electron chi connectivity index (χ4n) is 2.42. The number of ketones is 2. The minimum absolute atomic E-state index is 0.0482. The van der Waals surface area contributed by atoms with Crippen molar-refractivity contribution in [1.82, 2.24) is 0 Å². The Kier molecular flexibility index (Phi) is 4.13. The van der Waals surface area contributed by atoms with Gasteiger partial charge in [-0.15, -0.1) is 0 Å². The zero-order valence-corrected chi connectivity index (χ0v) is 10.6. The minimum Gasteiger partial charge on any atom is -0.493 e. The van der Waals surface area contributed by atoms with Crippen LogP contribution >= 0.6 is 0 Å². The zero-order chi connectivity index (χ0) is 13.0. The van der Waals surface area contributed by atoms with Crippen LogP contribution in [0.2, 0.25) is 0 Å². The van der Waals surface area contributed by atoms with Crippen molar-refractivity contribution >= 4 is 11.6 Å². The molecule has 0 bridgehead atoms. The molecule has 3 nitrogen and oxygen atoms in total. The summed E-state index contributed by atoms with van der Waals surface area (Å²) < 4.78 is 5.47. The Bertz CT molecular complexity index is 451. The van der Waals surface area contributed by atoms with Gasteiger partial charge in [0.25, 0.3) is 0 Å². The molecule has 0 aromatic heterocycles. The largest absolute Gasteiger partial charge is 0.493 e. The lowest BCUT2D eigenvalue weighted by Crippen LogP contribution is -2.23. The van der Waals surface area contributed by atoms with Crippen LogP contribution in [0.3, 0.4) is 0 Å². The number of hydrogen-bond acceptors (Lipinski definition) is 3. The first-order chi connectivity index (χ1) is 8.72. The number of hydrogen-bond donors (Lipinski definition) is 0. The number of para-hydroxylation sites is 1. The second-order valence-electron chi connectivity index (χ2n) is 4.63. The van der Waals surface area contributed by atoms with Gasteiger partial charge in [0.05, 0.1) is 12.2 Å². The van der Waals surface area contributed by atoms with E-state index in [4.69, 9.17) is 4.74 Å². The highest BCUT2D eigenvalue weighted by Crippen LogP contribution is 2.28. The number of carbonyl (C=O) groups excluding carboxylic acids is 2. The van der Waals surface area contributed by atoms with Crippen LogP contribution in [0.25, 0.3) is 0 Å². The van der Waals surface area contributed by atoms with E-state index in [1.54, 1.807) is 12.1 Å². The first kappa shape index (κ1) is 12.8. The summed E-state index contributed by atoms with van der Waals surface area (Å²) in [5.41, 5.74) is 0.610. The Balaban J connectivity index is 2.19. The third-order valence-corrected chi connectivity index (χ3v) is 3.31. The average Bonchev–Trinajstić information content (AvgIpc) is 2.39. The minimum atomic E-state index is -0.159. The van der Waals surface area contributed by atoms with E-state index in [1.165, 1.54) is 0 Å². The van der Waals surface area contributed by atoms with Gasteiger partial charge in [0.2, 0.25) is 0 Å². The standard InChI is InChI=1S/C15H18O3/c1-2-18-14-9-4-3-8-13(14)15(17)11-6-5-7-12(16)10-11/h3-4,8-9,11H,2,5-7,10H2,1H3.